The summed E-state index contributed by atoms with van der Waals surface area (Å²) in [6, 6.07) is 3.28. The minimum atomic E-state index is -1.04. The van der Waals surface area contributed by atoms with Crippen molar-refractivity contribution >= 4 is 17.3 Å². The fraction of sp³-hybridized carbons (Fsp3) is 0. The van der Waals surface area contributed by atoms with Crippen LogP contribution in [0.5, 0.6) is 0 Å². The van der Waals surface area contributed by atoms with E-state index in [-0.39, 0.29) is 10.4 Å². The molecule has 0 atom stereocenters. The number of carbonyl (C=O) groups is 1. The summed E-state index contributed by atoms with van der Waals surface area (Å²) in [5, 5.41) is 18.4. The molecule has 1 aromatic rings. The van der Waals surface area contributed by atoms with Gasteiger partial charge in [-0.2, -0.15) is 5.26 Å². The van der Waals surface area contributed by atoms with Crippen LogP contribution >= 0.6 is 11.3 Å². The van der Waals surface area contributed by atoms with Crippen LogP contribution in [0.4, 0.5) is 0 Å². The summed E-state index contributed by atoms with van der Waals surface area (Å²) in [5.41, 5.74) is 0.234. The van der Waals surface area contributed by atoms with Gasteiger partial charge in [0.05, 0.1) is 5.56 Å². The third-order valence-electron chi connectivity index (χ3n) is 0.980. The molecule has 0 fully saturated rings. The predicted octanol–water partition coefficient (Wildman–Crippen LogP) is 1.32. The van der Waals surface area contributed by atoms with Crippen LogP contribution in [0.2, 0.25) is 0 Å². The molecule has 0 saturated heterocycles. The molecule has 0 amide bonds. The normalized spacial score (nSPS) is 8.70. The molecule has 4 heteroatoms. The molecule has 3 nitrogen and oxygen atoms in total. The van der Waals surface area contributed by atoms with Crippen molar-refractivity contribution in [1.29, 1.82) is 5.26 Å². The van der Waals surface area contributed by atoms with Crippen molar-refractivity contribution in [1.82, 2.24) is 0 Å². The minimum absolute atomic E-state index is 0.113. The van der Waals surface area contributed by atoms with Crippen LogP contribution in [0.15, 0.2) is 11.4 Å². The van der Waals surface area contributed by atoms with E-state index in [1.54, 1.807) is 11.4 Å². The van der Waals surface area contributed by atoms with Crippen LogP contribution in [-0.2, 0) is 0 Å². The van der Waals surface area contributed by atoms with Crippen LogP contribution in [-0.4, -0.2) is 11.1 Å². The lowest BCUT2D eigenvalue weighted by Gasteiger charge is -1.84. The lowest BCUT2D eigenvalue weighted by Crippen LogP contribution is -1.93. The number of rotatable bonds is 1. The van der Waals surface area contributed by atoms with Gasteiger partial charge in [0.25, 0.3) is 0 Å². The van der Waals surface area contributed by atoms with Crippen molar-refractivity contribution < 1.29 is 9.90 Å². The van der Waals surface area contributed by atoms with Crippen LogP contribution in [0.1, 0.15) is 15.2 Å². The maximum atomic E-state index is 10.3. The van der Waals surface area contributed by atoms with E-state index in [1.807, 2.05) is 0 Å². The fourth-order valence-electron chi connectivity index (χ4n) is 0.563. The first-order valence-corrected chi connectivity index (χ1v) is 3.34. The highest BCUT2D eigenvalue weighted by Gasteiger charge is 2.09. The van der Waals surface area contributed by atoms with E-state index < -0.39 is 5.97 Å². The second kappa shape index (κ2) is 2.50. The van der Waals surface area contributed by atoms with E-state index >= 15 is 0 Å². The molecule has 0 radical (unpaired) electrons. The number of carboxylic acids is 1. The molecular weight excluding hydrogens is 150 g/mol. The smallest absolute Gasteiger partial charge is 0.347 e. The number of carboxylic acid groups (broad SMARTS) is 1. The van der Waals surface area contributed by atoms with Gasteiger partial charge in [0, 0.05) is 0 Å². The van der Waals surface area contributed by atoms with Crippen molar-refractivity contribution in [3.8, 4) is 6.07 Å². The topological polar surface area (TPSA) is 61.1 Å². The zero-order chi connectivity index (χ0) is 7.56. The first-order chi connectivity index (χ1) is 4.75. The van der Waals surface area contributed by atoms with Gasteiger partial charge in [-0.15, -0.1) is 11.3 Å². The second-order valence-electron chi connectivity index (χ2n) is 1.58. The van der Waals surface area contributed by atoms with Crippen molar-refractivity contribution in [2.45, 2.75) is 0 Å². The molecule has 1 rings (SSSR count). The van der Waals surface area contributed by atoms with E-state index in [1.165, 1.54) is 6.07 Å². The summed E-state index contributed by atoms with van der Waals surface area (Å²) in [5.74, 6) is -1.04. The SMILES string of the molecule is N#Cc1ccsc1C(=O)O. The molecule has 0 unspecified atom stereocenters. The molecule has 0 saturated carbocycles. The standard InChI is InChI=1S/C6H3NO2S/c7-3-4-1-2-10-5(4)6(8)9/h1-2H,(H,8,9). The third-order valence-corrected chi connectivity index (χ3v) is 1.88. The van der Waals surface area contributed by atoms with Gasteiger partial charge < -0.3 is 5.11 Å². The number of thiophene rings is 1. The summed E-state index contributed by atoms with van der Waals surface area (Å²) < 4.78 is 0. The highest BCUT2D eigenvalue weighted by Crippen LogP contribution is 2.14. The second-order valence-corrected chi connectivity index (χ2v) is 2.50. The van der Waals surface area contributed by atoms with Gasteiger partial charge >= 0.3 is 5.97 Å². The maximum Gasteiger partial charge on any atom is 0.347 e. The number of nitrogens with zero attached hydrogens (tertiary/aromatic N) is 1. The van der Waals surface area contributed by atoms with Gasteiger partial charge in [-0.1, -0.05) is 0 Å². The largest absolute Gasteiger partial charge is 0.477 e. The van der Waals surface area contributed by atoms with Crippen molar-refractivity contribution in [3.05, 3.63) is 21.9 Å². The van der Waals surface area contributed by atoms with Crippen LogP contribution in [0.3, 0.4) is 0 Å². The molecule has 1 heterocycles. The highest BCUT2D eigenvalue weighted by molar-refractivity contribution is 7.12. The minimum Gasteiger partial charge on any atom is -0.477 e. The number of hydrogen-bond donors (Lipinski definition) is 1. The Kier molecular flexibility index (Phi) is 1.69. The summed E-state index contributed by atoms with van der Waals surface area (Å²) >= 11 is 1.06. The van der Waals surface area contributed by atoms with Crippen LogP contribution in [0.25, 0.3) is 0 Å². The van der Waals surface area contributed by atoms with Crippen molar-refractivity contribution in [3.63, 3.8) is 0 Å². The molecule has 0 aliphatic carbocycles. The van der Waals surface area contributed by atoms with Crippen LogP contribution in [0, 0.1) is 11.3 Å². The van der Waals surface area contributed by atoms with E-state index in [4.69, 9.17) is 10.4 Å². The van der Waals surface area contributed by atoms with Gasteiger partial charge in [0.2, 0.25) is 0 Å². The molecule has 10 heavy (non-hydrogen) atoms. The zero-order valence-electron chi connectivity index (χ0n) is 4.87. The van der Waals surface area contributed by atoms with E-state index in [0.29, 0.717) is 0 Å². The summed E-state index contributed by atoms with van der Waals surface area (Å²) in [6.07, 6.45) is 0. The van der Waals surface area contributed by atoms with Gasteiger partial charge in [0.1, 0.15) is 10.9 Å². The maximum absolute atomic E-state index is 10.3. The molecule has 50 valence electrons. The summed E-state index contributed by atoms with van der Waals surface area (Å²) in [6.45, 7) is 0. The van der Waals surface area contributed by atoms with Crippen molar-refractivity contribution in [2.24, 2.45) is 0 Å². The van der Waals surface area contributed by atoms with Gasteiger partial charge in [-0.25, -0.2) is 4.79 Å². The lowest BCUT2D eigenvalue weighted by atomic mass is 10.3. The molecule has 1 N–H and O–H groups in total. The van der Waals surface area contributed by atoms with Gasteiger partial charge in [-0.3, -0.25) is 0 Å². The number of nitriles is 1. The van der Waals surface area contributed by atoms with E-state index in [9.17, 15) is 4.79 Å². The fourth-order valence-corrected chi connectivity index (χ4v) is 1.24. The molecule has 0 aliphatic rings. The third kappa shape index (κ3) is 0.993. The van der Waals surface area contributed by atoms with Gasteiger partial charge in [0.15, 0.2) is 0 Å². The zero-order valence-corrected chi connectivity index (χ0v) is 5.68. The molecule has 1 aromatic heterocycles. The quantitative estimate of drug-likeness (QED) is 0.661. The predicted molar refractivity (Wildman–Crippen MR) is 36.0 cm³/mol. The number of aromatic carboxylic acids is 1. The van der Waals surface area contributed by atoms with Gasteiger partial charge in [-0.05, 0) is 11.4 Å². The molecule has 0 spiro atoms. The molecule has 0 bridgehead atoms. The Bertz CT molecular complexity index is 297. The molecule has 0 aliphatic heterocycles. The number of hydrogen-bond acceptors (Lipinski definition) is 3. The van der Waals surface area contributed by atoms with E-state index in [0.717, 1.165) is 11.3 Å². The monoisotopic (exact) mass is 153 g/mol. The lowest BCUT2D eigenvalue weighted by molar-refractivity contribution is 0.0702. The first kappa shape index (κ1) is 6.78. The average molecular weight is 153 g/mol. The highest BCUT2D eigenvalue weighted by atomic mass is 32.1. The first-order valence-electron chi connectivity index (χ1n) is 2.46. The van der Waals surface area contributed by atoms with E-state index in [2.05, 4.69) is 0 Å². The molecule has 0 aromatic carbocycles. The Morgan fingerprint density at radius 1 is 1.80 bits per heavy atom. The van der Waals surface area contributed by atoms with Crippen molar-refractivity contribution in [2.75, 3.05) is 0 Å². The Labute approximate surface area is 61.1 Å². The summed E-state index contributed by atoms with van der Waals surface area (Å²) in [7, 11) is 0. The average Bonchev–Trinajstić information content (AvgIpc) is 2.33. The molecular formula is C6H3NO2S. The summed E-state index contributed by atoms with van der Waals surface area (Å²) in [4.78, 5) is 10.4. The Balaban J connectivity index is 3.17. The van der Waals surface area contributed by atoms with Crippen LogP contribution < -0.4 is 0 Å². The Morgan fingerprint density at radius 3 is 2.90 bits per heavy atom. The Hall–Kier alpha value is -1.34. The Morgan fingerprint density at radius 2 is 2.50 bits per heavy atom.